The Balaban J connectivity index is 0. The van der Waals surface area contributed by atoms with Gasteiger partial charge in [-0.3, -0.25) is 0 Å². The molecular weight excluding hydrogens is 176 g/mol. The van der Waals surface area contributed by atoms with Gasteiger partial charge in [-0.2, -0.15) is 0 Å². The van der Waals surface area contributed by atoms with Gasteiger partial charge in [0.2, 0.25) is 0 Å². The van der Waals surface area contributed by atoms with Gasteiger partial charge in [-0.15, -0.1) is 0 Å². The maximum Gasteiger partial charge on any atom is 0.122 e. The van der Waals surface area contributed by atoms with E-state index in [-0.39, 0.29) is 5.92 Å². The first kappa shape index (κ1) is 16.1. The summed E-state index contributed by atoms with van der Waals surface area (Å²) < 4.78 is 0. The van der Waals surface area contributed by atoms with Crippen molar-refractivity contribution in [1.29, 1.82) is 0 Å². The molecule has 0 aromatic carbocycles. The van der Waals surface area contributed by atoms with Crippen LogP contribution in [0.4, 0.5) is 0 Å². The van der Waals surface area contributed by atoms with Crippen LogP contribution in [0.15, 0.2) is 0 Å². The molecule has 0 saturated carbocycles. The van der Waals surface area contributed by atoms with Crippen molar-refractivity contribution in [2.24, 2.45) is 5.92 Å². The molecule has 0 rings (SSSR count). The first-order valence-electron chi connectivity index (χ1n) is 5.75. The third-order valence-corrected chi connectivity index (χ3v) is 1.78. The number of hydrogen-bond donors (Lipinski definition) is 1. The summed E-state index contributed by atoms with van der Waals surface area (Å²) in [5, 5.41) is 8.42. The fourth-order valence-electron chi connectivity index (χ4n) is 0.892. The molecule has 0 aromatic rings. The lowest BCUT2D eigenvalue weighted by Crippen LogP contribution is -1.82. The number of unbranched alkanes of at least 4 members (excludes halogenated alkanes) is 5. The normalized spacial score (nSPS) is 9.50. The molecule has 2 nitrogen and oxygen atoms in total. The van der Waals surface area contributed by atoms with Gasteiger partial charge in [0.1, 0.15) is 6.29 Å². The van der Waals surface area contributed by atoms with Gasteiger partial charge in [-0.05, 0) is 6.42 Å². The molecule has 0 aliphatic heterocycles. The third-order valence-electron chi connectivity index (χ3n) is 1.78. The van der Waals surface area contributed by atoms with Crippen molar-refractivity contribution in [2.45, 2.75) is 59.3 Å². The molecule has 0 atom stereocenters. The number of aldehydes is 1. The Kier molecular flexibility index (Phi) is 17.4. The van der Waals surface area contributed by atoms with Crippen molar-refractivity contribution in [3.8, 4) is 0 Å². The van der Waals surface area contributed by atoms with Crippen LogP contribution in [-0.2, 0) is 4.79 Å². The quantitative estimate of drug-likeness (QED) is 0.508. The molecule has 0 amide bonds. The first-order chi connectivity index (χ1) is 6.68. The van der Waals surface area contributed by atoms with Crippen LogP contribution < -0.4 is 0 Å². The van der Waals surface area contributed by atoms with Crippen molar-refractivity contribution in [3.05, 3.63) is 0 Å². The van der Waals surface area contributed by atoms with Crippen LogP contribution in [0.3, 0.4) is 0 Å². The number of carbonyl (C=O) groups is 1. The minimum absolute atomic E-state index is 0.204. The van der Waals surface area contributed by atoms with E-state index in [0.717, 1.165) is 12.7 Å². The monoisotopic (exact) mass is 202 g/mol. The van der Waals surface area contributed by atoms with E-state index in [2.05, 4.69) is 6.92 Å². The van der Waals surface area contributed by atoms with Crippen LogP contribution in [0, 0.1) is 5.92 Å². The smallest absolute Gasteiger partial charge is 0.122 e. The molecule has 0 aliphatic carbocycles. The molecule has 0 radical (unpaired) electrons. The Morgan fingerprint density at radius 1 is 1.07 bits per heavy atom. The maximum absolute atomic E-state index is 9.50. The van der Waals surface area contributed by atoms with Crippen LogP contribution in [0.25, 0.3) is 0 Å². The minimum Gasteiger partial charge on any atom is -0.396 e. The summed E-state index contributed by atoms with van der Waals surface area (Å²) in [7, 11) is 0. The predicted molar refractivity (Wildman–Crippen MR) is 61.4 cm³/mol. The zero-order chi connectivity index (χ0) is 11.2. The standard InChI is InChI=1S/C8H18O.C4H8O/c1-2-3-4-5-6-7-8-9;1-4(2)3-5/h9H,2-8H2,1H3;3-4H,1-2H3. The highest BCUT2D eigenvalue weighted by Gasteiger charge is 1.86. The van der Waals surface area contributed by atoms with E-state index >= 15 is 0 Å². The second-order valence-electron chi connectivity index (χ2n) is 3.87. The molecule has 0 fully saturated rings. The van der Waals surface area contributed by atoms with Gasteiger partial charge in [0.15, 0.2) is 0 Å². The highest BCUT2D eigenvalue weighted by molar-refractivity contribution is 5.51. The fraction of sp³-hybridized carbons (Fsp3) is 0.917. The van der Waals surface area contributed by atoms with E-state index in [0.29, 0.717) is 6.61 Å². The lowest BCUT2D eigenvalue weighted by atomic mass is 10.1. The van der Waals surface area contributed by atoms with Crippen LogP contribution in [-0.4, -0.2) is 18.0 Å². The summed E-state index contributed by atoms with van der Waals surface area (Å²) in [6.45, 7) is 6.29. The van der Waals surface area contributed by atoms with E-state index < -0.39 is 0 Å². The van der Waals surface area contributed by atoms with E-state index in [1.54, 1.807) is 0 Å². The topological polar surface area (TPSA) is 37.3 Å². The Labute approximate surface area is 88.7 Å². The molecular formula is C12H26O2. The summed E-state index contributed by atoms with van der Waals surface area (Å²) in [6, 6.07) is 0. The number of aliphatic hydroxyl groups excluding tert-OH is 1. The van der Waals surface area contributed by atoms with Crippen molar-refractivity contribution in [2.75, 3.05) is 6.61 Å². The molecule has 0 heterocycles. The van der Waals surface area contributed by atoms with Gasteiger partial charge < -0.3 is 9.90 Å². The molecule has 1 N–H and O–H groups in total. The lowest BCUT2D eigenvalue weighted by Gasteiger charge is -1.95. The number of rotatable bonds is 7. The highest BCUT2D eigenvalue weighted by Crippen LogP contribution is 2.03. The summed E-state index contributed by atoms with van der Waals surface area (Å²) >= 11 is 0. The maximum atomic E-state index is 9.50. The van der Waals surface area contributed by atoms with Crippen LogP contribution >= 0.6 is 0 Å². The largest absolute Gasteiger partial charge is 0.396 e. The Hall–Kier alpha value is -0.370. The van der Waals surface area contributed by atoms with Crippen molar-refractivity contribution >= 4 is 6.29 Å². The van der Waals surface area contributed by atoms with E-state index in [4.69, 9.17) is 5.11 Å². The van der Waals surface area contributed by atoms with Gasteiger partial charge in [0.25, 0.3) is 0 Å². The third kappa shape index (κ3) is 22.6. The van der Waals surface area contributed by atoms with Gasteiger partial charge in [-0.1, -0.05) is 52.9 Å². The van der Waals surface area contributed by atoms with Crippen LogP contribution in [0.1, 0.15) is 59.3 Å². The number of aliphatic hydroxyl groups is 1. The van der Waals surface area contributed by atoms with Crippen molar-refractivity contribution < 1.29 is 9.90 Å². The first-order valence-corrected chi connectivity index (χ1v) is 5.75. The Bertz CT molecular complexity index is 94.5. The van der Waals surface area contributed by atoms with Gasteiger partial charge >= 0.3 is 0 Å². The lowest BCUT2D eigenvalue weighted by molar-refractivity contribution is -0.110. The molecule has 0 bridgehead atoms. The van der Waals surface area contributed by atoms with Crippen LogP contribution in [0.2, 0.25) is 0 Å². The molecule has 86 valence electrons. The zero-order valence-electron chi connectivity index (χ0n) is 9.96. The minimum atomic E-state index is 0.204. The van der Waals surface area contributed by atoms with Gasteiger partial charge in [0.05, 0.1) is 0 Å². The van der Waals surface area contributed by atoms with E-state index in [1.165, 1.54) is 32.1 Å². The fourth-order valence-corrected chi connectivity index (χ4v) is 0.892. The van der Waals surface area contributed by atoms with Crippen molar-refractivity contribution in [1.82, 2.24) is 0 Å². The van der Waals surface area contributed by atoms with E-state index in [1.807, 2.05) is 13.8 Å². The molecule has 2 heteroatoms. The summed E-state index contributed by atoms with van der Waals surface area (Å²) in [4.78, 5) is 9.50. The van der Waals surface area contributed by atoms with Crippen molar-refractivity contribution in [3.63, 3.8) is 0 Å². The summed E-state index contributed by atoms with van der Waals surface area (Å²) in [6.07, 6.45) is 8.41. The molecule has 0 saturated heterocycles. The second-order valence-corrected chi connectivity index (χ2v) is 3.87. The average molecular weight is 202 g/mol. The zero-order valence-corrected chi connectivity index (χ0v) is 9.96. The molecule has 0 unspecified atom stereocenters. The summed E-state index contributed by atoms with van der Waals surface area (Å²) in [5.41, 5.74) is 0. The number of carbonyl (C=O) groups excluding carboxylic acids is 1. The van der Waals surface area contributed by atoms with Crippen LogP contribution in [0.5, 0.6) is 0 Å². The Morgan fingerprint density at radius 2 is 1.50 bits per heavy atom. The predicted octanol–water partition coefficient (Wildman–Crippen LogP) is 3.18. The SMILES string of the molecule is CC(C)C=O.CCCCCCCCO. The average Bonchev–Trinajstić information content (AvgIpc) is 2.19. The number of hydrogen-bond acceptors (Lipinski definition) is 2. The molecule has 0 spiro atoms. The molecule has 0 aromatic heterocycles. The molecule has 0 aliphatic rings. The van der Waals surface area contributed by atoms with Gasteiger partial charge in [0, 0.05) is 12.5 Å². The highest BCUT2D eigenvalue weighted by atomic mass is 16.2. The molecule has 14 heavy (non-hydrogen) atoms. The summed E-state index contributed by atoms with van der Waals surface area (Å²) in [5.74, 6) is 0.204. The van der Waals surface area contributed by atoms with Gasteiger partial charge in [-0.25, -0.2) is 0 Å². The second kappa shape index (κ2) is 15.1. The van der Waals surface area contributed by atoms with E-state index in [9.17, 15) is 4.79 Å². The Morgan fingerprint density at radius 3 is 1.86 bits per heavy atom.